The topological polar surface area (TPSA) is 79.3 Å². The maximum Gasteiger partial charge on any atom is 0.573 e. The first-order valence-corrected chi connectivity index (χ1v) is 8.30. The maximum atomic E-state index is 12.5. The van der Waals surface area contributed by atoms with Crippen LogP contribution < -0.4 is 15.4 Å². The summed E-state index contributed by atoms with van der Waals surface area (Å²) in [5, 5.41) is 16.0. The number of benzene rings is 2. The minimum absolute atomic E-state index is 0.0452. The highest BCUT2D eigenvalue weighted by molar-refractivity contribution is 6.31. The second-order valence-corrected chi connectivity index (χ2v) is 6.01. The first kappa shape index (κ1) is 19.6. The SMILES string of the molecule is CNc1nc(Nc2cc(Cl)ccc2O)cc(-c2cccc(OC(F)(F)F)c2)n1. The van der Waals surface area contributed by atoms with E-state index < -0.39 is 6.36 Å². The molecule has 6 nitrogen and oxygen atoms in total. The van der Waals surface area contributed by atoms with Crippen LogP contribution >= 0.6 is 11.6 Å². The average molecular weight is 411 g/mol. The number of phenols is 1. The molecule has 0 aliphatic heterocycles. The lowest BCUT2D eigenvalue weighted by atomic mass is 10.1. The summed E-state index contributed by atoms with van der Waals surface area (Å²) < 4.78 is 41.4. The molecule has 1 aromatic heterocycles. The highest BCUT2D eigenvalue weighted by Gasteiger charge is 2.31. The average Bonchev–Trinajstić information content (AvgIpc) is 2.63. The summed E-state index contributed by atoms with van der Waals surface area (Å²) >= 11 is 5.94. The second-order valence-electron chi connectivity index (χ2n) is 5.57. The second kappa shape index (κ2) is 7.81. The first-order valence-electron chi connectivity index (χ1n) is 7.92. The van der Waals surface area contributed by atoms with Crippen LogP contribution in [-0.2, 0) is 0 Å². The smallest absolute Gasteiger partial charge is 0.506 e. The molecule has 0 spiro atoms. The van der Waals surface area contributed by atoms with Crippen LogP contribution in [0.15, 0.2) is 48.5 Å². The molecular formula is C18H14ClF3N4O2. The van der Waals surface area contributed by atoms with E-state index in [1.165, 1.54) is 42.5 Å². The fraction of sp³-hybridized carbons (Fsp3) is 0.111. The van der Waals surface area contributed by atoms with Crippen molar-refractivity contribution < 1.29 is 23.0 Å². The van der Waals surface area contributed by atoms with Crippen LogP contribution in [0.5, 0.6) is 11.5 Å². The molecule has 2 aromatic carbocycles. The van der Waals surface area contributed by atoms with Crippen LogP contribution in [0.25, 0.3) is 11.3 Å². The summed E-state index contributed by atoms with van der Waals surface area (Å²) in [7, 11) is 1.60. The summed E-state index contributed by atoms with van der Waals surface area (Å²) in [5.74, 6) is 0.116. The summed E-state index contributed by atoms with van der Waals surface area (Å²) in [6, 6.07) is 11.4. The standard InChI is InChI=1S/C18H14ClF3N4O2/c1-23-17-25-13(10-3-2-4-12(7-10)28-18(20,21)22)9-16(26-17)24-14-8-11(19)5-6-15(14)27/h2-9,27H,1H3,(H2,23,24,25,26). The normalized spacial score (nSPS) is 11.2. The quantitative estimate of drug-likeness (QED) is 0.502. The van der Waals surface area contributed by atoms with E-state index in [0.717, 1.165) is 0 Å². The van der Waals surface area contributed by atoms with E-state index in [9.17, 15) is 18.3 Å². The summed E-state index contributed by atoms with van der Waals surface area (Å²) in [4.78, 5) is 8.48. The number of ether oxygens (including phenoxy) is 1. The number of hydrogen-bond donors (Lipinski definition) is 3. The van der Waals surface area contributed by atoms with Gasteiger partial charge in [0.05, 0.1) is 11.4 Å². The zero-order valence-corrected chi connectivity index (χ0v) is 15.1. The fourth-order valence-corrected chi connectivity index (χ4v) is 2.54. The molecule has 3 aromatic rings. The van der Waals surface area contributed by atoms with Gasteiger partial charge in [0.25, 0.3) is 0 Å². The third kappa shape index (κ3) is 4.95. The molecule has 28 heavy (non-hydrogen) atoms. The molecular weight excluding hydrogens is 397 g/mol. The van der Waals surface area contributed by atoms with Gasteiger partial charge in [0, 0.05) is 23.7 Å². The molecule has 0 saturated heterocycles. The van der Waals surface area contributed by atoms with E-state index in [1.807, 2.05) is 0 Å². The number of anilines is 3. The molecule has 0 radical (unpaired) electrons. The van der Waals surface area contributed by atoms with Crippen LogP contribution in [0, 0.1) is 0 Å². The molecule has 10 heteroatoms. The van der Waals surface area contributed by atoms with Gasteiger partial charge in [0.1, 0.15) is 17.3 Å². The van der Waals surface area contributed by atoms with Gasteiger partial charge in [-0.1, -0.05) is 23.7 Å². The van der Waals surface area contributed by atoms with Gasteiger partial charge in [0.15, 0.2) is 0 Å². The van der Waals surface area contributed by atoms with Crippen LogP contribution in [0.2, 0.25) is 5.02 Å². The van der Waals surface area contributed by atoms with Crippen molar-refractivity contribution in [1.29, 1.82) is 0 Å². The molecule has 146 valence electrons. The number of hydrogen-bond acceptors (Lipinski definition) is 6. The minimum Gasteiger partial charge on any atom is -0.506 e. The molecule has 0 aliphatic rings. The molecule has 0 bridgehead atoms. The van der Waals surface area contributed by atoms with Crippen molar-refractivity contribution in [3.63, 3.8) is 0 Å². The molecule has 3 N–H and O–H groups in total. The number of nitrogens with zero attached hydrogens (tertiary/aromatic N) is 2. The number of halogens is 4. The Balaban J connectivity index is 1.97. The fourth-order valence-electron chi connectivity index (χ4n) is 2.37. The van der Waals surface area contributed by atoms with Gasteiger partial charge in [-0.05, 0) is 30.3 Å². The lowest BCUT2D eigenvalue weighted by Gasteiger charge is -2.13. The van der Waals surface area contributed by atoms with Crippen molar-refractivity contribution in [2.45, 2.75) is 6.36 Å². The number of aromatic nitrogens is 2. The number of nitrogens with one attached hydrogen (secondary N) is 2. The first-order chi connectivity index (χ1) is 13.2. The molecule has 0 aliphatic carbocycles. The summed E-state index contributed by atoms with van der Waals surface area (Å²) in [6.45, 7) is 0. The Morgan fingerprint density at radius 1 is 1.07 bits per heavy atom. The summed E-state index contributed by atoms with van der Waals surface area (Å²) in [5.41, 5.74) is 1.04. The van der Waals surface area contributed by atoms with Crippen molar-refractivity contribution in [2.75, 3.05) is 17.7 Å². The van der Waals surface area contributed by atoms with Gasteiger partial charge in [-0.25, -0.2) is 4.98 Å². The predicted octanol–water partition coefficient (Wildman–Crippen LogP) is 5.19. The van der Waals surface area contributed by atoms with Gasteiger partial charge < -0.3 is 20.5 Å². The predicted molar refractivity (Wildman–Crippen MR) is 100 cm³/mol. The Hall–Kier alpha value is -3.20. The van der Waals surface area contributed by atoms with Gasteiger partial charge in [-0.2, -0.15) is 4.98 Å². The highest BCUT2D eigenvalue weighted by Crippen LogP contribution is 2.32. The van der Waals surface area contributed by atoms with E-state index in [4.69, 9.17) is 11.6 Å². The Labute approximate surface area is 163 Å². The van der Waals surface area contributed by atoms with Crippen molar-refractivity contribution in [3.05, 3.63) is 53.6 Å². The van der Waals surface area contributed by atoms with Crippen molar-refractivity contribution in [2.24, 2.45) is 0 Å². The Kier molecular flexibility index (Phi) is 5.46. The van der Waals surface area contributed by atoms with E-state index in [0.29, 0.717) is 27.8 Å². The van der Waals surface area contributed by atoms with Crippen molar-refractivity contribution in [1.82, 2.24) is 9.97 Å². The van der Waals surface area contributed by atoms with E-state index in [2.05, 4.69) is 25.3 Å². The minimum atomic E-state index is -4.79. The Morgan fingerprint density at radius 2 is 1.86 bits per heavy atom. The Morgan fingerprint density at radius 3 is 2.57 bits per heavy atom. The van der Waals surface area contributed by atoms with Gasteiger partial charge in [0.2, 0.25) is 5.95 Å². The Bertz CT molecular complexity index is 999. The molecule has 0 fully saturated rings. The molecule has 0 atom stereocenters. The van der Waals surface area contributed by atoms with E-state index >= 15 is 0 Å². The van der Waals surface area contributed by atoms with Crippen LogP contribution in [0.1, 0.15) is 0 Å². The highest BCUT2D eigenvalue weighted by atomic mass is 35.5. The molecule has 0 amide bonds. The van der Waals surface area contributed by atoms with Crippen LogP contribution in [-0.4, -0.2) is 28.5 Å². The number of aromatic hydroxyl groups is 1. The molecule has 0 unspecified atom stereocenters. The zero-order chi connectivity index (χ0) is 20.3. The number of rotatable bonds is 5. The van der Waals surface area contributed by atoms with Crippen molar-refractivity contribution in [3.8, 4) is 22.8 Å². The molecule has 1 heterocycles. The largest absolute Gasteiger partial charge is 0.573 e. The van der Waals surface area contributed by atoms with Gasteiger partial charge >= 0.3 is 6.36 Å². The summed E-state index contributed by atoms with van der Waals surface area (Å²) in [6.07, 6.45) is -4.79. The molecule has 0 saturated carbocycles. The van der Waals surface area contributed by atoms with E-state index in [1.54, 1.807) is 13.1 Å². The number of phenolic OH excluding ortho intramolecular Hbond substituents is 1. The van der Waals surface area contributed by atoms with Crippen LogP contribution in [0.4, 0.5) is 30.6 Å². The zero-order valence-electron chi connectivity index (χ0n) is 14.4. The monoisotopic (exact) mass is 410 g/mol. The van der Waals surface area contributed by atoms with Crippen LogP contribution in [0.3, 0.4) is 0 Å². The third-order valence-electron chi connectivity index (χ3n) is 3.53. The lowest BCUT2D eigenvalue weighted by Crippen LogP contribution is -2.17. The van der Waals surface area contributed by atoms with Gasteiger partial charge in [-0.3, -0.25) is 0 Å². The third-order valence-corrected chi connectivity index (χ3v) is 3.77. The maximum absolute atomic E-state index is 12.5. The van der Waals surface area contributed by atoms with Gasteiger partial charge in [-0.15, -0.1) is 13.2 Å². The number of alkyl halides is 3. The lowest BCUT2D eigenvalue weighted by molar-refractivity contribution is -0.274. The van der Waals surface area contributed by atoms with E-state index in [-0.39, 0.29) is 17.4 Å². The van der Waals surface area contributed by atoms with Crippen molar-refractivity contribution >= 4 is 29.1 Å². The molecule has 3 rings (SSSR count).